The molecule has 0 fully saturated rings. The first-order valence-electron chi connectivity index (χ1n) is 5.39. The maximum absolute atomic E-state index is 13.6. The van der Waals surface area contributed by atoms with Gasteiger partial charge >= 0.3 is 0 Å². The molecule has 0 bridgehead atoms. The Balaban J connectivity index is 3.04. The van der Waals surface area contributed by atoms with Gasteiger partial charge in [0, 0.05) is 23.7 Å². The zero-order chi connectivity index (χ0) is 13.0. The van der Waals surface area contributed by atoms with Crippen molar-refractivity contribution in [3.63, 3.8) is 0 Å². The van der Waals surface area contributed by atoms with Crippen molar-refractivity contribution in [2.75, 3.05) is 13.1 Å². The van der Waals surface area contributed by atoms with E-state index in [1.54, 1.807) is 4.90 Å². The van der Waals surface area contributed by atoms with E-state index in [0.717, 1.165) is 0 Å². The Morgan fingerprint density at radius 2 is 2.00 bits per heavy atom. The molecule has 0 aliphatic rings. The molecular formula is C12H14Cl2FNO. The van der Waals surface area contributed by atoms with Crippen LogP contribution < -0.4 is 0 Å². The van der Waals surface area contributed by atoms with Crippen LogP contribution in [0.4, 0.5) is 4.39 Å². The van der Waals surface area contributed by atoms with Crippen molar-refractivity contribution in [1.82, 2.24) is 4.90 Å². The van der Waals surface area contributed by atoms with Crippen molar-refractivity contribution in [2.24, 2.45) is 0 Å². The number of rotatable bonds is 4. The molecule has 0 heterocycles. The van der Waals surface area contributed by atoms with Crippen LogP contribution in [0.2, 0.25) is 5.02 Å². The molecule has 0 radical (unpaired) electrons. The van der Waals surface area contributed by atoms with Gasteiger partial charge in [0.25, 0.3) is 0 Å². The van der Waals surface area contributed by atoms with E-state index in [2.05, 4.69) is 0 Å². The van der Waals surface area contributed by atoms with Crippen LogP contribution in [0.25, 0.3) is 0 Å². The van der Waals surface area contributed by atoms with Gasteiger partial charge in [-0.15, -0.1) is 11.6 Å². The Kier molecular flexibility index (Phi) is 5.22. The van der Waals surface area contributed by atoms with Crippen LogP contribution in [0.15, 0.2) is 18.2 Å². The predicted octanol–water partition coefficient (Wildman–Crippen LogP) is 3.63. The number of benzene rings is 1. The summed E-state index contributed by atoms with van der Waals surface area (Å²) in [4.78, 5) is 13.5. The van der Waals surface area contributed by atoms with E-state index >= 15 is 0 Å². The van der Waals surface area contributed by atoms with Crippen LogP contribution in [0.5, 0.6) is 0 Å². The summed E-state index contributed by atoms with van der Waals surface area (Å²) in [5.74, 6) is -0.887. The monoisotopic (exact) mass is 277 g/mol. The van der Waals surface area contributed by atoms with Crippen molar-refractivity contribution >= 4 is 29.1 Å². The highest BCUT2D eigenvalue weighted by Crippen LogP contribution is 2.31. The minimum Gasteiger partial charge on any atom is -0.342 e. The van der Waals surface area contributed by atoms with Crippen molar-refractivity contribution in [1.29, 1.82) is 0 Å². The SMILES string of the molecule is CCN(CC)C(=O)C(Cl)c1c(F)cccc1Cl. The molecule has 94 valence electrons. The van der Waals surface area contributed by atoms with Gasteiger partial charge in [-0.25, -0.2) is 4.39 Å². The summed E-state index contributed by atoms with van der Waals surface area (Å²) in [7, 11) is 0. The lowest BCUT2D eigenvalue weighted by molar-refractivity contribution is -0.130. The second-order valence-electron chi connectivity index (χ2n) is 3.51. The zero-order valence-corrected chi connectivity index (χ0v) is 11.2. The molecule has 17 heavy (non-hydrogen) atoms. The van der Waals surface area contributed by atoms with Gasteiger partial charge in [-0.3, -0.25) is 4.79 Å². The Bertz CT molecular complexity index is 387. The number of amides is 1. The molecule has 2 nitrogen and oxygen atoms in total. The lowest BCUT2D eigenvalue weighted by Crippen LogP contribution is -2.33. The van der Waals surface area contributed by atoms with Gasteiger partial charge in [-0.05, 0) is 26.0 Å². The largest absolute Gasteiger partial charge is 0.342 e. The van der Waals surface area contributed by atoms with Gasteiger partial charge in [-0.1, -0.05) is 17.7 Å². The summed E-state index contributed by atoms with van der Waals surface area (Å²) in [5, 5.41) is -0.908. The maximum atomic E-state index is 13.6. The van der Waals surface area contributed by atoms with E-state index in [1.165, 1.54) is 18.2 Å². The van der Waals surface area contributed by atoms with Crippen molar-refractivity contribution in [2.45, 2.75) is 19.2 Å². The number of halogens is 3. The molecule has 0 aromatic heterocycles. The highest BCUT2D eigenvalue weighted by atomic mass is 35.5. The fraction of sp³-hybridized carbons (Fsp3) is 0.417. The molecule has 0 aliphatic heterocycles. The molecule has 1 unspecified atom stereocenters. The lowest BCUT2D eigenvalue weighted by atomic mass is 10.1. The van der Waals surface area contributed by atoms with E-state index in [1.807, 2.05) is 13.8 Å². The summed E-state index contributed by atoms with van der Waals surface area (Å²) in [6.07, 6.45) is 0. The normalized spacial score (nSPS) is 12.3. The highest BCUT2D eigenvalue weighted by Gasteiger charge is 2.26. The molecule has 0 N–H and O–H groups in total. The van der Waals surface area contributed by atoms with Crippen LogP contribution >= 0.6 is 23.2 Å². The number of hydrogen-bond acceptors (Lipinski definition) is 1. The van der Waals surface area contributed by atoms with Gasteiger partial charge in [0.05, 0.1) is 0 Å². The molecule has 1 aromatic rings. The number of alkyl halides is 1. The Labute approximate surface area is 110 Å². The molecule has 0 saturated heterocycles. The molecule has 1 rings (SSSR count). The summed E-state index contributed by atoms with van der Waals surface area (Å²) in [6.45, 7) is 4.75. The first-order chi connectivity index (χ1) is 8.02. The fourth-order valence-electron chi connectivity index (χ4n) is 1.57. The van der Waals surface area contributed by atoms with Gasteiger partial charge in [0.2, 0.25) is 5.91 Å². The third-order valence-electron chi connectivity index (χ3n) is 2.55. The standard InChI is InChI=1S/C12H14Cl2FNO/c1-3-16(4-2)12(17)11(14)10-8(13)6-5-7-9(10)15/h5-7,11H,3-4H2,1-2H3. The quantitative estimate of drug-likeness (QED) is 0.770. The summed E-state index contributed by atoms with van der Waals surface area (Å²) in [5.41, 5.74) is 0.0488. The average Bonchev–Trinajstić information content (AvgIpc) is 2.30. The molecule has 5 heteroatoms. The van der Waals surface area contributed by atoms with Crippen molar-refractivity contribution in [3.8, 4) is 0 Å². The minimum atomic E-state index is -1.08. The van der Waals surface area contributed by atoms with Crippen LogP contribution in [-0.2, 0) is 4.79 Å². The number of likely N-dealkylation sites (N-methyl/N-ethyl adjacent to an activating group) is 1. The van der Waals surface area contributed by atoms with Gasteiger partial charge in [0.1, 0.15) is 11.2 Å². The average molecular weight is 278 g/mol. The number of nitrogens with zero attached hydrogens (tertiary/aromatic N) is 1. The molecule has 1 atom stereocenters. The lowest BCUT2D eigenvalue weighted by Gasteiger charge is -2.22. The van der Waals surface area contributed by atoms with Crippen LogP contribution in [0.3, 0.4) is 0 Å². The Morgan fingerprint density at radius 1 is 1.41 bits per heavy atom. The molecule has 1 amide bonds. The van der Waals surface area contributed by atoms with Gasteiger partial charge in [0.15, 0.2) is 0 Å². The molecule has 1 aromatic carbocycles. The Morgan fingerprint density at radius 3 is 2.47 bits per heavy atom. The van der Waals surface area contributed by atoms with Crippen molar-refractivity contribution < 1.29 is 9.18 Å². The number of carbonyl (C=O) groups is 1. The van der Waals surface area contributed by atoms with Gasteiger partial charge in [-0.2, -0.15) is 0 Å². The molecule has 0 aliphatic carbocycles. The summed E-state index contributed by atoms with van der Waals surface area (Å²) in [6, 6.07) is 4.24. The Hall–Kier alpha value is -0.800. The molecule has 0 spiro atoms. The highest BCUT2D eigenvalue weighted by molar-refractivity contribution is 6.35. The third-order valence-corrected chi connectivity index (χ3v) is 3.28. The fourth-order valence-corrected chi connectivity index (χ4v) is 2.26. The van der Waals surface area contributed by atoms with E-state index in [-0.39, 0.29) is 16.5 Å². The number of hydrogen-bond donors (Lipinski definition) is 0. The number of carbonyl (C=O) groups excluding carboxylic acids is 1. The molecule has 0 saturated carbocycles. The van der Waals surface area contributed by atoms with Crippen LogP contribution in [-0.4, -0.2) is 23.9 Å². The summed E-state index contributed by atoms with van der Waals surface area (Å²) < 4.78 is 13.6. The van der Waals surface area contributed by atoms with Crippen LogP contribution in [0.1, 0.15) is 24.8 Å². The molecular weight excluding hydrogens is 264 g/mol. The summed E-state index contributed by atoms with van der Waals surface area (Å²) >= 11 is 11.9. The van der Waals surface area contributed by atoms with Gasteiger partial charge < -0.3 is 4.90 Å². The second kappa shape index (κ2) is 6.22. The maximum Gasteiger partial charge on any atom is 0.245 e. The second-order valence-corrected chi connectivity index (χ2v) is 4.35. The zero-order valence-electron chi connectivity index (χ0n) is 9.71. The third kappa shape index (κ3) is 3.11. The van der Waals surface area contributed by atoms with Crippen molar-refractivity contribution in [3.05, 3.63) is 34.6 Å². The smallest absolute Gasteiger partial charge is 0.245 e. The predicted molar refractivity (Wildman–Crippen MR) is 67.9 cm³/mol. The minimum absolute atomic E-state index is 0.0488. The first kappa shape index (κ1) is 14.3. The van der Waals surface area contributed by atoms with E-state index in [4.69, 9.17) is 23.2 Å². The van der Waals surface area contributed by atoms with Crippen LogP contribution in [0, 0.1) is 5.82 Å². The van der Waals surface area contributed by atoms with E-state index in [9.17, 15) is 9.18 Å². The topological polar surface area (TPSA) is 20.3 Å². The van der Waals surface area contributed by atoms with E-state index in [0.29, 0.717) is 13.1 Å². The van der Waals surface area contributed by atoms with E-state index < -0.39 is 11.2 Å². The first-order valence-corrected chi connectivity index (χ1v) is 6.21.